The minimum atomic E-state index is -0.253. The summed E-state index contributed by atoms with van der Waals surface area (Å²) in [7, 11) is 1.63. The maximum Gasteiger partial charge on any atom is 0.236 e. The fourth-order valence-electron chi connectivity index (χ4n) is 1.62. The summed E-state index contributed by atoms with van der Waals surface area (Å²) in [5.74, 6) is 0.773. The molecule has 1 rings (SSSR count). The van der Waals surface area contributed by atoms with Crippen molar-refractivity contribution in [2.45, 2.75) is 26.4 Å². The molecule has 0 saturated carbocycles. The van der Waals surface area contributed by atoms with E-state index in [1.165, 1.54) is 0 Å². The molecule has 1 unspecified atom stereocenters. The van der Waals surface area contributed by atoms with Crippen LogP contribution in [0.3, 0.4) is 0 Å². The topological polar surface area (TPSA) is 50.4 Å². The molecule has 0 fully saturated rings. The van der Waals surface area contributed by atoms with Crippen LogP contribution in [0.2, 0.25) is 0 Å². The highest BCUT2D eigenvalue weighted by Gasteiger charge is 2.14. The SMILES string of the molecule is CCOc1c(Br)cc(Br)cc1CNC(C)C(=O)NC. The highest BCUT2D eigenvalue weighted by molar-refractivity contribution is 9.11. The first kappa shape index (κ1) is 16.5. The third-order valence-corrected chi connectivity index (χ3v) is 3.66. The van der Waals surface area contributed by atoms with Gasteiger partial charge in [-0.1, -0.05) is 15.9 Å². The van der Waals surface area contributed by atoms with E-state index >= 15 is 0 Å². The summed E-state index contributed by atoms with van der Waals surface area (Å²) in [4.78, 5) is 11.5. The Hall–Kier alpha value is -0.590. The molecule has 1 aromatic carbocycles. The first-order chi connectivity index (χ1) is 8.99. The Kier molecular flexibility index (Phi) is 6.82. The summed E-state index contributed by atoms with van der Waals surface area (Å²) in [5.41, 5.74) is 0.999. The van der Waals surface area contributed by atoms with Crippen LogP contribution in [0.5, 0.6) is 5.75 Å². The maximum atomic E-state index is 11.5. The molecule has 1 amide bonds. The van der Waals surface area contributed by atoms with E-state index in [4.69, 9.17) is 4.74 Å². The van der Waals surface area contributed by atoms with Gasteiger partial charge in [-0.25, -0.2) is 0 Å². The fraction of sp³-hybridized carbons (Fsp3) is 0.462. The minimum Gasteiger partial charge on any atom is -0.492 e. The fourth-order valence-corrected chi connectivity index (χ4v) is 3.05. The Bertz CT molecular complexity index is 453. The molecule has 0 spiro atoms. The molecule has 4 nitrogen and oxygen atoms in total. The van der Waals surface area contributed by atoms with Crippen molar-refractivity contribution in [3.8, 4) is 5.75 Å². The number of likely N-dealkylation sites (N-methyl/N-ethyl adjacent to an activating group) is 1. The van der Waals surface area contributed by atoms with Crippen LogP contribution in [0.1, 0.15) is 19.4 Å². The van der Waals surface area contributed by atoms with Crippen LogP contribution in [0, 0.1) is 0 Å². The van der Waals surface area contributed by atoms with Gasteiger partial charge in [0.1, 0.15) is 5.75 Å². The van der Waals surface area contributed by atoms with Crippen molar-refractivity contribution < 1.29 is 9.53 Å². The second-order valence-electron chi connectivity index (χ2n) is 4.03. The van der Waals surface area contributed by atoms with Crippen molar-refractivity contribution in [3.63, 3.8) is 0 Å². The van der Waals surface area contributed by atoms with Crippen LogP contribution in [0.4, 0.5) is 0 Å². The van der Waals surface area contributed by atoms with Crippen LogP contribution >= 0.6 is 31.9 Å². The molecule has 1 atom stereocenters. The lowest BCUT2D eigenvalue weighted by Crippen LogP contribution is -2.40. The summed E-state index contributed by atoms with van der Waals surface area (Å²) in [6.45, 7) is 4.92. The lowest BCUT2D eigenvalue weighted by Gasteiger charge is -2.16. The first-order valence-corrected chi connectivity index (χ1v) is 7.63. The van der Waals surface area contributed by atoms with Gasteiger partial charge in [-0.15, -0.1) is 0 Å². The molecule has 1 aromatic rings. The number of amides is 1. The molecule has 0 aliphatic rings. The van der Waals surface area contributed by atoms with Crippen LogP contribution in [-0.4, -0.2) is 25.6 Å². The standard InChI is InChI=1S/C13H18Br2N2O2/c1-4-19-12-9(5-10(14)6-11(12)15)7-17-8(2)13(18)16-3/h5-6,8,17H,4,7H2,1-3H3,(H,16,18). The van der Waals surface area contributed by atoms with Gasteiger partial charge >= 0.3 is 0 Å². The van der Waals surface area contributed by atoms with E-state index in [1.54, 1.807) is 7.05 Å². The van der Waals surface area contributed by atoms with E-state index in [0.29, 0.717) is 13.2 Å². The Morgan fingerprint density at radius 2 is 2.11 bits per heavy atom. The summed E-state index contributed by atoms with van der Waals surface area (Å²) in [5, 5.41) is 5.78. The predicted molar refractivity (Wildman–Crippen MR) is 83.4 cm³/mol. The van der Waals surface area contributed by atoms with Gasteiger partial charge < -0.3 is 15.4 Å². The molecular formula is C13H18Br2N2O2. The third-order valence-electron chi connectivity index (χ3n) is 2.61. The van der Waals surface area contributed by atoms with E-state index in [9.17, 15) is 4.79 Å². The van der Waals surface area contributed by atoms with Crippen LogP contribution in [0.25, 0.3) is 0 Å². The highest BCUT2D eigenvalue weighted by atomic mass is 79.9. The van der Waals surface area contributed by atoms with E-state index in [1.807, 2.05) is 26.0 Å². The summed E-state index contributed by atoms with van der Waals surface area (Å²) >= 11 is 6.94. The highest BCUT2D eigenvalue weighted by Crippen LogP contribution is 2.33. The van der Waals surface area contributed by atoms with Gasteiger partial charge in [-0.2, -0.15) is 0 Å². The van der Waals surface area contributed by atoms with Crippen molar-refractivity contribution in [2.24, 2.45) is 0 Å². The van der Waals surface area contributed by atoms with Gasteiger partial charge in [0.15, 0.2) is 0 Å². The van der Waals surface area contributed by atoms with E-state index < -0.39 is 0 Å². The zero-order valence-corrected chi connectivity index (χ0v) is 14.4. The number of carbonyl (C=O) groups excluding carboxylic acids is 1. The molecule has 19 heavy (non-hydrogen) atoms. The monoisotopic (exact) mass is 392 g/mol. The Balaban J connectivity index is 2.84. The molecule has 0 heterocycles. The molecule has 0 aliphatic heterocycles. The first-order valence-electron chi connectivity index (χ1n) is 6.05. The third kappa shape index (κ3) is 4.78. The second-order valence-corrected chi connectivity index (χ2v) is 5.80. The second kappa shape index (κ2) is 7.87. The average molecular weight is 394 g/mol. The molecule has 0 bridgehead atoms. The summed E-state index contributed by atoms with van der Waals surface area (Å²) in [6.07, 6.45) is 0. The van der Waals surface area contributed by atoms with Crippen LogP contribution < -0.4 is 15.4 Å². The quantitative estimate of drug-likeness (QED) is 0.781. The van der Waals surface area contributed by atoms with Gasteiger partial charge in [0.05, 0.1) is 17.1 Å². The van der Waals surface area contributed by atoms with Crippen molar-refractivity contribution >= 4 is 37.8 Å². The largest absolute Gasteiger partial charge is 0.492 e. The molecule has 0 aliphatic carbocycles. The number of hydrogen-bond donors (Lipinski definition) is 2. The van der Waals surface area contributed by atoms with E-state index in [-0.39, 0.29) is 11.9 Å². The van der Waals surface area contributed by atoms with Gasteiger partial charge in [0.25, 0.3) is 0 Å². The molecule has 106 valence electrons. The van der Waals surface area contributed by atoms with Crippen molar-refractivity contribution in [1.82, 2.24) is 10.6 Å². The van der Waals surface area contributed by atoms with Gasteiger partial charge in [-0.05, 0) is 41.9 Å². The van der Waals surface area contributed by atoms with Crippen LogP contribution in [0.15, 0.2) is 21.1 Å². The lowest BCUT2D eigenvalue weighted by atomic mass is 10.2. The lowest BCUT2D eigenvalue weighted by molar-refractivity contribution is -0.122. The van der Waals surface area contributed by atoms with Crippen molar-refractivity contribution in [2.75, 3.05) is 13.7 Å². The van der Waals surface area contributed by atoms with E-state index in [0.717, 1.165) is 20.3 Å². The Labute approximate surface area is 130 Å². The molecule has 6 heteroatoms. The van der Waals surface area contributed by atoms with Crippen LogP contribution in [-0.2, 0) is 11.3 Å². The number of ether oxygens (including phenoxy) is 1. The normalized spacial score (nSPS) is 12.1. The number of halogens is 2. The molecular weight excluding hydrogens is 376 g/mol. The molecule has 0 aromatic heterocycles. The number of nitrogens with one attached hydrogen (secondary N) is 2. The van der Waals surface area contributed by atoms with Gasteiger partial charge in [0, 0.05) is 23.6 Å². The van der Waals surface area contributed by atoms with Gasteiger partial charge in [0.2, 0.25) is 5.91 Å². The minimum absolute atomic E-state index is 0.0352. The predicted octanol–water partition coefficient (Wildman–Crippen LogP) is 2.83. The van der Waals surface area contributed by atoms with Crippen molar-refractivity contribution in [3.05, 3.63) is 26.6 Å². The zero-order chi connectivity index (χ0) is 14.4. The number of benzene rings is 1. The molecule has 0 saturated heterocycles. The van der Waals surface area contributed by atoms with Gasteiger partial charge in [-0.3, -0.25) is 4.79 Å². The summed E-state index contributed by atoms with van der Waals surface area (Å²) in [6, 6.07) is 3.67. The number of carbonyl (C=O) groups is 1. The Morgan fingerprint density at radius 1 is 1.42 bits per heavy atom. The number of hydrogen-bond acceptors (Lipinski definition) is 3. The maximum absolute atomic E-state index is 11.5. The Morgan fingerprint density at radius 3 is 2.68 bits per heavy atom. The zero-order valence-electron chi connectivity index (χ0n) is 11.2. The summed E-state index contributed by atoms with van der Waals surface area (Å²) < 4.78 is 7.50. The molecule has 2 N–H and O–H groups in total. The molecule has 0 radical (unpaired) electrons. The average Bonchev–Trinajstić information content (AvgIpc) is 2.38. The smallest absolute Gasteiger partial charge is 0.236 e. The van der Waals surface area contributed by atoms with E-state index in [2.05, 4.69) is 42.5 Å². The number of rotatable bonds is 6. The van der Waals surface area contributed by atoms with Crippen molar-refractivity contribution in [1.29, 1.82) is 0 Å².